The molecule has 0 radical (unpaired) electrons. The Morgan fingerprint density at radius 1 is 1.00 bits per heavy atom. The number of hydrogen-bond acceptors (Lipinski definition) is 2. The van der Waals surface area contributed by atoms with Crippen LogP contribution in [0.4, 0.5) is 0 Å². The van der Waals surface area contributed by atoms with Gasteiger partial charge in [0, 0.05) is 0 Å². The average Bonchev–Trinajstić information content (AvgIpc) is 3.29. The fourth-order valence-electron chi connectivity index (χ4n) is 5.60. The summed E-state index contributed by atoms with van der Waals surface area (Å²) in [6.07, 6.45) is 7.68. The van der Waals surface area contributed by atoms with E-state index in [9.17, 15) is 0 Å². The van der Waals surface area contributed by atoms with E-state index in [0.29, 0.717) is 23.2 Å². The molecule has 0 amide bonds. The van der Waals surface area contributed by atoms with Gasteiger partial charge < -0.3 is 9.47 Å². The van der Waals surface area contributed by atoms with Gasteiger partial charge >= 0.3 is 0 Å². The zero-order chi connectivity index (χ0) is 15.9. The van der Waals surface area contributed by atoms with E-state index in [4.69, 9.17) is 9.47 Å². The maximum Gasteiger partial charge on any atom is 0.0953 e. The van der Waals surface area contributed by atoms with Crippen LogP contribution < -0.4 is 0 Å². The first-order valence-corrected chi connectivity index (χ1v) is 9.18. The van der Waals surface area contributed by atoms with Crippen molar-refractivity contribution >= 4 is 0 Å². The second kappa shape index (κ2) is 4.39. The summed E-state index contributed by atoms with van der Waals surface area (Å²) in [4.78, 5) is 0. The van der Waals surface area contributed by atoms with Crippen LogP contribution in [-0.2, 0) is 9.47 Å². The molecule has 6 rings (SSSR count). The largest absolute Gasteiger partial charge is 0.366 e. The van der Waals surface area contributed by atoms with Crippen molar-refractivity contribution in [3.8, 4) is 0 Å². The van der Waals surface area contributed by atoms with Gasteiger partial charge in [0.25, 0.3) is 0 Å². The predicted molar refractivity (Wildman–Crippen MR) is 88.7 cm³/mol. The van der Waals surface area contributed by atoms with E-state index in [1.807, 2.05) is 0 Å². The highest BCUT2D eigenvalue weighted by Gasteiger charge is 2.72. The van der Waals surface area contributed by atoms with Crippen LogP contribution in [0, 0.1) is 23.2 Å². The normalized spacial score (nSPS) is 55.6. The van der Waals surface area contributed by atoms with Gasteiger partial charge in [0.05, 0.1) is 23.4 Å². The van der Waals surface area contributed by atoms with Crippen LogP contribution in [0.15, 0.2) is 12.2 Å². The van der Waals surface area contributed by atoms with E-state index in [2.05, 4.69) is 41.2 Å². The number of ether oxygens (including phenoxy) is 2. The Morgan fingerprint density at radius 2 is 1.73 bits per heavy atom. The molecule has 6 fully saturated rings. The molecule has 2 bridgehead atoms. The standard InChI is InChI=1S/2C10H16O/c1-9(2)6-4-7(9)10(3)8(5-6)11-10;1-7(2)8-4-5-10(3)9(6-8)11-10/h6-8H,4-5H2,1-3H3;8-9H,1,4-6H2,2-3H3. The highest BCUT2D eigenvalue weighted by molar-refractivity contribution is 5.20. The Hall–Kier alpha value is -0.340. The van der Waals surface area contributed by atoms with Gasteiger partial charge in [-0.05, 0) is 76.0 Å². The third-order valence-corrected chi connectivity index (χ3v) is 7.86. The van der Waals surface area contributed by atoms with Crippen molar-refractivity contribution in [2.24, 2.45) is 23.2 Å². The summed E-state index contributed by atoms with van der Waals surface area (Å²) in [5, 5.41) is 0. The second-order valence-corrected chi connectivity index (χ2v) is 9.57. The van der Waals surface area contributed by atoms with E-state index in [0.717, 1.165) is 17.8 Å². The summed E-state index contributed by atoms with van der Waals surface area (Å²) in [6.45, 7) is 15.5. The summed E-state index contributed by atoms with van der Waals surface area (Å²) >= 11 is 0. The van der Waals surface area contributed by atoms with Crippen molar-refractivity contribution in [1.82, 2.24) is 0 Å². The maximum atomic E-state index is 5.75. The molecule has 7 unspecified atom stereocenters. The van der Waals surface area contributed by atoms with E-state index >= 15 is 0 Å². The van der Waals surface area contributed by atoms with Crippen molar-refractivity contribution in [3.05, 3.63) is 12.2 Å². The fraction of sp³-hybridized carbons (Fsp3) is 0.900. The molecule has 0 aromatic rings. The molecule has 0 aromatic carbocycles. The third-order valence-electron chi connectivity index (χ3n) is 7.86. The minimum absolute atomic E-state index is 0.270. The number of hydrogen-bond donors (Lipinski definition) is 0. The van der Waals surface area contributed by atoms with Crippen LogP contribution >= 0.6 is 0 Å². The topological polar surface area (TPSA) is 25.1 Å². The van der Waals surface area contributed by atoms with Gasteiger partial charge in [0.2, 0.25) is 0 Å². The minimum Gasteiger partial charge on any atom is -0.366 e. The molecule has 2 heterocycles. The van der Waals surface area contributed by atoms with Crippen molar-refractivity contribution in [3.63, 3.8) is 0 Å². The van der Waals surface area contributed by atoms with Crippen LogP contribution in [0.5, 0.6) is 0 Å². The van der Waals surface area contributed by atoms with Crippen LogP contribution in [-0.4, -0.2) is 23.4 Å². The van der Waals surface area contributed by atoms with Gasteiger partial charge in [-0.15, -0.1) is 0 Å². The molecule has 2 nitrogen and oxygen atoms in total. The molecular weight excluding hydrogens is 272 g/mol. The molecule has 124 valence electrons. The van der Waals surface area contributed by atoms with Crippen molar-refractivity contribution in [2.45, 2.75) is 90.1 Å². The predicted octanol–water partition coefficient (Wildman–Crippen LogP) is 4.73. The lowest BCUT2D eigenvalue weighted by Gasteiger charge is -2.57. The van der Waals surface area contributed by atoms with Gasteiger partial charge in [-0.3, -0.25) is 0 Å². The molecule has 6 aliphatic rings. The lowest BCUT2D eigenvalue weighted by Crippen LogP contribution is -2.56. The molecule has 4 saturated carbocycles. The van der Waals surface area contributed by atoms with E-state index in [1.165, 1.54) is 37.7 Å². The summed E-state index contributed by atoms with van der Waals surface area (Å²) in [5.41, 5.74) is 2.49. The van der Waals surface area contributed by atoms with Gasteiger partial charge in [0.15, 0.2) is 0 Å². The van der Waals surface area contributed by atoms with Gasteiger partial charge in [-0.1, -0.05) is 26.0 Å². The minimum atomic E-state index is 0.270. The number of fused-ring (bicyclic) bond motifs is 1. The number of allylic oxidation sites excluding steroid dienone is 1. The van der Waals surface area contributed by atoms with E-state index in [1.54, 1.807) is 0 Å². The van der Waals surface area contributed by atoms with Gasteiger partial charge in [0.1, 0.15) is 0 Å². The van der Waals surface area contributed by atoms with Crippen LogP contribution in [0.2, 0.25) is 0 Å². The Bertz CT molecular complexity index is 505. The summed E-state index contributed by atoms with van der Waals surface area (Å²) in [5.74, 6) is 2.56. The second-order valence-electron chi connectivity index (χ2n) is 9.57. The molecule has 4 aliphatic carbocycles. The highest BCUT2D eigenvalue weighted by atomic mass is 16.6. The molecule has 2 heteroatoms. The zero-order valence-corrected chi connectivity index (χ0v) is 14.9. The summed E-state index contributed by atoms with van der Waals surface area (Å²) in [7, 11) is 0. The molecule has 2 saturated heterocycles. The Balaban J connectivity index is 0.000000114. The Labute approximate surface area is 135 Å². The molecule has 2 aliphatic heterocycles. The van der Waals surface area contributed by atoms with Crippen molar-refractivity contribution < 1.29 is 9.47 Å². The first kappa shape index (κ1) is 15.2. The smallest absolute Gasteiger partial charge is 0.0953 e. The summed E-state index contributed by atoms with van der Waals surface area (Å²) < 4.78 is 11.4. The Morgan fingerprint density at radius 3 is 2.23 bits per heavy atom. The van der Waals surface area contributed by atoms with E-state index < -0.39 is 0 Å². The number of rotatable bonds is 1. The quantitative estimate of drug-likeness (QED) is 0.517. The lowest BCUT2D eigenvalue weighted by molar-refractivity contribution is -0.0789. The lowest BCUT2D eigenvalue weighted by atomic mass is 9.46. The maximum absolute atomic E-state index is 5.75. The van der Waals surface area contributed by atoms with Crippen LogP contribution in [0.25, 0.3) is 0 Å². The monoisotopic (exact) mass is 304 g/mol. The molecule has 22 heavy (non-hydrogen) atoms. The van der Waals surface area contributed by atoms with Crippen LogP contribution in [0.3, 0.4) is 0 Å². The molecule has 0 aromatic heterocycles. The highest BCUT2D eigenvalue weighted by Crippen LogP contribution is 2.70. The zero-order valence-electron chi connectivity index (χ0n) is 14.9. The van der Waals surface area contributed by atoms with Gasteiger partial charge in [-0.25, -0.2) is 0 Å². The third kappa shape index (κ3) is 2.06. The first-order valence-electron chi connectivity index (χ1n) is 9.18. The SMILES string of the molecule is C=C(C)C1CCC2(C)OC2C1.CC1(C)C2CC3OC3(C)C1C2. The first-order chi connectivity index (χ1) is 10.2. The van der Waals surface area contributed by atoms with Gasteiger partial charge in [-0.2, -0.15) is 0 Å². The molecule has 0 spiro atoms. The van der Waals surface area contributed by atoms with Crippen LogP contribution in [0.1, 0.15) is 66.7 Å². The molecule has 0 N–H and O–H groups in total. The number of epoxide rings is 2. The van der Waals surface area contributed by atoms with Crippen molar-refractivity contribution in [1.29, 1.82) is 0 Å². The molecular formula is C20H32O2. The Kier molecular flexibility index (Phi) is 3.03. The summed E-state index contributed by atoms with van der Waals surface area (Å²) in [6, 6.07) is 0. The molecule has 7 atom stereocenters. The van der Waals surface area contributed by atoms with Crippen molar-refractivity contribution in [2.75, 3.05) is 0 Å². The average molecular weight is 304 g/mol. The van der Waals surface area contributed by atoms with E-state index in [-0.39, 0.29) is 5.60 Å². The fourth-order valence-corrected chi connectivity index (χ4v) is 5.60.